The molecule has 0 spiro atoms. The summed E-state index contributed by atoms with van der Waals surface area (Å²) in [4.78, 5) is 13.9. The van der Waals surface area contributed by atoms with Crippen molar-refractivity contribution in [3.05, 3.63) is 28.6 Å². The quantitative estimate of drug-likeness (QED) is 0.908. The highest BCUT2D eigenvalue weighted by Gasteiger charge is 2.21. The molecule has 2 aromatic rings. The molecule has 2 aromatic heterocycles. The lowest BCUT2D eigenvalue weighted by Crippen LogP contribution is -2.02. The Hall–Kier alpha value is -1.56. The Bertz CT molecular complexity index is 516. The molecule has 0 bridgehead atoms. The van der Waals surface area contributed by atoms with Crippen molar-refractivity contribution in [1.29, 1.82) is 0 Å². The van der Waals surface area contributed by atoms with Crippen LogP contribution in [0.2, 0.25) is 0 Å². The molecule has 0 amide bonds. The number of carboxylic acid groups (broad SMARTS) is 1. The normalized spacial score (nSPS) is 10.6. The summed E-state index contributed by atoms with van der Waals surface area (Å²) in [6.45, 7) is 2.54. The van der Waals surface area contributed by atoms with Gasteiger partial charge in [-0.2, -0.15) is 5.10 Å². The van der Waals surface area contributed by atoms with E-state index in [0.29, 0.717) is 11.0 Å². The van der Waals surface area contributed by atoms with E-state index in [0.717, 1.165) is 11.3 Å². The second kappa shape index (κ2) is 4.13. The molecule has 16 heavy (non-hydrogen) atoms. The van der Waals surface area contributed by atoms with E-state index in [1.165, 1.54) is 0 Å². The van der Waals surface area contributed by atoms with Gasteiger partial charge in [-0.3, -0.25) is 4.68 Å². The minimum atomic E-state index is -1.03. The first kappa shape index (κ1) is 10.9. The number of H-pyrrole nitrogens is 1. The summed E-state index contributed by atoms with van der Waals surface area (Å²) in [6, 6.07) is 1.87. The molecule has 2 N–H and O–H groups in total. The molecule has 0 aliphatic carbocycles. The third kappa shape index (κ3) is 1.65. The van der Waals surface area contributed by atoms with Gasteiger partial charge in [0.05, 0.1) is 10.2 Å². The number of aryl methyl sites for hydroxylation is 1. The molecular weight excluding hydrogens is 274 g/mol. The molecular formula is C10H10BrN3O2. The van der Waals surface area contributed by atoms with Gasteiger partial charge < -0.3 is 10.1 Å². The van der Waals surface area contributed by atoms with E-state index in [1.54, 1.807) is 17.1 Å². The molecule has 0 unspecified atom stereocenters. The minimum Gasteiger partial charge on any atom is -0.476 e. The van der Waals surface area contributed by atoms with Crippen molar-refractivity contribution in [2.24, 2.45) is 0 Å². The molecule has 2 rings (SSSR count). The maximum Gasteiger partial charge on any atom is 0.357 e. The molecule has 0 fully saturated rings. The number of carbonyl (C=O) groups is 1. The maximum absolute atomic E-state index is 11.0. The summed E-state index contributed by atoms with van der Waals surface area (Å²) in [5.41, 5.74) is 1.73. The van der Waals surface area contributed by atoms with Crippen LogP contribution in [0.25, 0.3) is 11.3 Å². The number of aromatic nitrogens is 3. The van der Waals surface area contributed by atoms with E-state index in [1.807, 2.05) is 13.0 Å². The van der Waals surface area contributed by atoms with Gasteiger partial charge in [-0.15, -0.1) is 0 Å². The van der Waals surface area contributed by atoms with Crippen molar-refractivity contribution in [2.75, 3.05) is 0 Å². The van der Waals surface area contributed by atoms with E-state index in [-0.39, 0.29) is 5.69 Å². The number of aromatic amines is 1. The fraction of sp³-hybridized carbons (Fsp3) is 0.200. The average Bonchev–Trinajstić information content (AvgIpc) is 2.83. The van der Waals surface area contributed by atoms with Crippen LogP contribution >= 0.6 is 15.9 Å². The molecule has 0 aliphatic rings. The first-order chi connectivity index (χ1) is 7.65. The van der Waals surface area contributed by atoms with Crippen LogP contribution in [-0.2, 0) is 6.54 Å². The van der Waals surface area contributed by atoms with Crippen molar-refractivity contribution in [2.45, 2.75) is 13.5 Å². The lowest BCUT2D eigenvalue weighted by atomic mass is 10.2. The van der Waals surface area contributed by atoms with Crippen LogP contribution in [0.4, 0.5) is 0 Å². The molecule has 5 nitrogen and oxygen atoms in total. The Morgan fingerprint density at radius 1 is 1.69 bits per heavy atom. The predicted octanol–water partition coefficient (Wildman–Crippen LogP) is 2.36. The summed E-state index contributed by atoms with van der Waals surface area (Å²) in [5.74, 6) is -1.03. The lowest BCUT2D eigenvalue weighted by molar-refractivity contribution is 0.0688. The highest BCUT2D eigenvalue weighted by atomic mass is 79.9. The number of halogens is 1. The van der Waals surface area contributed by atoms with Gasteiger partial charge in [0.2, 0.25) is 0 Å². The van der Waals surface area contributed by atoms with Gasteiger partial charge in [-0.1, -0.05) is 0 Å². The number of aromatic carboxylic acids is 1. The Labute approximate surface area is 100 Å². The molecule has 0 saturated carbocycles. The second-order valence-corrected chi connectivity index (χ2v) is 4.02. The smallest absolute Gasteiger partial charge is 0.357 e. The van der Waals surface area contributed by atoms with E-state index >= 15 is 0 Å². The monoisotopic (exact) mass is 283 g/mol. The van der Waals surface area contributed by atoms with Crippen molar-refractivity contribution >= 4 is 21.9 Å². The van der Waals surface area contributed by atoms with Gasteiger partial charge in [0, 0.05) is 24.5 Å². The Balaban J connectivity index is 2.64. The van der Waals surface area contributed by atoms with Crippen LogP contribution in [0.15, 0.2) is 22.9 Å². The summed E-state index contributed by atoms with van der Waals surface area (Å²) in [6.07, 6.45) is 3.59. The van der Waals surface area contributed by atoms with Gasteiger partial charge in [0.25, 0.3) is 0 Å². The van der Waals surface area contributed by atoms with Crippen LogP contribution in [0.1, 0.15) is 17.4 Å². The van der Waals surface area contributed by atoms with Gasteiger partial charge in [-0.25, -0.2) is 4.79 Å². The van der Waals surface area contributed by atoms with E-state index < -0.39 is 5.97 Å². The van der Waals surface area contributed by atoms with Gasteiger partial charge in [-0.05, 0) is 28.9 Å². The highest BCUT2D eigenvalue weighted by molar-refractivity contribution is 9.10. The highest BCUT2D eigenvalue weighted by Crippen LogP contribution is 2.31. The van der Waals surface area contributed by atoms with Crippen molar-refractivity contribution in [1.82, 2.24) is 14.8 Å². The third-order valence-electron chi connectivity index (χ3n) is 2.27. The second-order valence-electron chi connectivity index (χ2n) is 3.23. The molecule has 84 valence electrons. The van der Waals surface area contributed by atoms with Gasteiger partial charge in [0.1, 0.15) is 0 Å². The van der Waals surface area contributed by atoms with Crippen molar-refractivity contribution in [3.8, 4) is 11.3 Å². The lowest BCUT2D eigenvalue weighted by Gasteiger charge is -2.01. The van der Waals surface area contributed by atoms with E-state index in [2.05, 4.69) is 26.0 Å². The zero-order chi connectivity index (χ0) is 11.7. The topological polar surface area (TPSA) is 70.9 Å². The van der Waals surface area contributed by atoms with E-state index in [9.17, 15) is 4.79 Å². The van der Waals surface area contributed by atoms with Crippen LogP contribution in [-0.4, -0.2) is 25.8 Å². The summed E-state index contributed by atoms with van der Waals surface area (Å²) in [5, 5.41) is 13.0. The fourth-order valence-corrected chi connectivity index (χ4v) is 2.23. The molecule has 0 aromatic carbocycles. The number of nitrogens with zero attached hydrogens (tertiary/aromatic N) is 2. The average molecular weight is 284 g/mol. The van der Waals surface area contributed by atoms with E-state index in [4.69, 9.17) is 5.11 Å². The number of hydrogen-bond acceptors (Lipinski definition) is 2. The maximum atomic E-state index is 11.0. The zero-order valence-corrected chi connectivity index (χ0v) is 10.2. The number of rotatable bonds is 3. The summed E-state index contributed by atoms with van der Waals surface area (Å²) >= 11 is 3.29. The van der Waals surface area contributed by atoms with Crippen LogP contribution < -0.4 is 0 Å². The number of hydrogen-bond donors (Lipinski definition) is 2. The van der Waals surface area contributed by atoms with Crippen LogP contribution in [0.3, 0.4) is 0 Å². The minimum absolute atomic E-state index is 0.0399. The first-order valence-corrected chi connectivity index (χ1v) is 5.57. The summed E-state index contributed by atoms with van der Waals surface area (Å²) in [7, 11) is 0. The number of carboxylic acids is 1. The third-order valence-corrected chi connectivity index (χ3v) is 3.02. The predicted molar refractivity (Wildman–Crippen MR) is 62.3 cm³/mol. The Kier molecular flexibility index (Phi) is 2.82. The van der Waals surface area contributed by atoms with Crippen molar-refractivity contribution < 1.29 is 9.90 Å². The Morgan fingerprint density at radius 3 is 2.94 bits per heavy atom. The van der Waals surface area contributed by atoms with Crippen LogP contribution in [0, 0.1) is 0 Å². The standard InChI is InChI=1S/C10H10BrN3O2/c1-2-14-9(6-3-4-12-5-6)7(11)8(13-14)10(15)16/h3-5,12H,2H2,1H3,(H,15,16). The summed E-state index contributed by atoms with van der Waals surface area (Å²) < 4.78 is 2.18. The van der Waals surface area contributed by atoms with Crippen LogP contribution in [0.5, 0.6) is 0 Å². The SMILES string of the molecule is CCn1nc(C(=O)O)c(Br)c1-c1cc[nH]c1. The zero-order valence-electron chi connectivity index (χ0n) is 8.57. The van der Waals surface area contributed by atoms with Gasteiger partial charge in [0.15, 0.2) is 5.69 Å². The van der Waals surface area contributed by atoms with Crippen molar-refractivity contribution in [3.63, 3.8) is 0 Å². The molecule has 0 aliphatic heterocycles. The fourth-order valence-electron chi connectivity index (χ4n) is 1.55. The largest absolute Gasteiger partial charge is 0.476 e. The van der Waals surface area contributed by atoms with Gasteiger partial charge >= 0.3 is 5.97 Å². The molecule has 0 saturated heterocycles. The molecule has 2 heterocycles. The number of nitrogens with one attached hydrogen (secondary N) is 1. The Morgan fingerprint density at radius 2 is 2.44 bits per heavy atom. The molecule has 0 radical (unpaired) electrons. The molecule has 0 atom stereocenters. The molecule has 6 heteroatoms. The first-order valence-electron chi connectivity index (χ1n) is 4.78.